The van der Waals surface area contributed by atoms with Crippen molar-refractivity contribution in [1.82, 2.24) is 14.8 Å². The zero-order valence-electron chi connectivity index (χ0n) is 18.2. The predicted octanol–water partition coefficient (Wildman–Crippen LogP) is 5.26. The van der Waals surface area contributed by atoms with Gasteiger partial charge in [0, 0.05) is 31.4 Å². The highest BCUT2D eigenvalue weighted by Gasteiger charge is 2.42. The van der Waals surface area contributed by atoms with Crippen molar-refractivity contribution in [3.8, 4) is 0 Å². The average molecular weight is 413 g/mol. The largest absolute Gasteiger partial charge is 0.326 e. The van der Waals surface area contributed by atoms with Crippen LogP contribution < -0.4 is 5.32 Å². The Morgan fingerprint density at radius 1 is 1.13 bits per heavy atom. The summed E-state index contributed by atoms with van der Waals surface area (Å²) >= 11 is 0. The first-order chi connectivity index (χ1) is 14.5. The van der Waals surface area contributed by atoms with E-state index in [9.17, 15) is 9.18 Å². The van der Waals surface area contributed by atoms with E-state index < -0.39 is 6.17 Å². The third-order valence-electron chi connectivity index (χ3n) is 6.58. The first kappa shape index (κ1) is 21.0. The van der Waals surface area contributed by atoms with E-state index >= 15 is 0 Å². The minimum Gasteiger partial charge on any atom is -0.326 e. The summed E-state index contributed by atoms with van der Waals surface area (Å²) in [7, 11) is 0. The molecule has 2 unspecified atom stereocenters. The Morgan fingerprint density at radius 3 is 2.50 bits per heavy atom. The third kappa shape index (κ3) is 5.08. The van der Waals surface area contributed by atoms with Gasteiger partial charge in [-0.25, -0.2) is 4.39 Å². The molecule has 0 aliphatic heterocycles. The SMILES string of the molecule is Cc1ccc(NC(=O)CCc2nnc(CCC3CCCCC3)n2C2CC2F)c(C)c1. The molecule has 0 spiro atoms. The zero-order valence-corrected chi connectivity index (χ0v) is 18.2. The molecule has 2 aliphatic rings. The van der Waals surface area contributed by atoms with E-state index in [1.807, 2.05) is 30.5 Å². The summed E-state index contributed by atoms with van der Waals surface area (Å²) in [5, 5.41) is 11.7. The maximum atomic E-state index is 13.9. The fourth-order valence-electron chi connectivity index (χ4n) is 4.70. The number of benzene rings is 1. The Bertz CT molecular complexity index is 887. The van der Waals surface area contributed by atoms with Gasteiger partial charge in [-0.05, 0) is 37.8 Å². The molecule has 162 valence electrons. The van der Waals surface area contributed by atoms with Crippen LogP contribution in [0.3, 0.4) is 0 Å². The number of rotatable bonds is 8. The van der Waals surface area contributed by atoms with E-state index in [2.05, 4.69) is 21.6 Å². The van der Waals surface area contributed by atoms with E-state index in [1.54, 1.807) is 0 Å². The number of amides is 1. The van der Waals surface area contributed by atoms with Gasteiger partial charge in [0.2, 0.25) is 5.91 Å². The predicted molar refractivity (Wildman–Crippen MR) is 116 cm³/mol. The van der Waals surface area contributed by atoms with Crippen molar-refractivity contribution in [3.63, 3.8) is 0 Å². The third-order valence-corrected chi connectivity index (χ3v) is 6.58. The van der Waals surface area contributed by atoms with Gasteiger partial charge < -0.3 is 9.88 Å². The fourth-order valence-corrected chi connectivity index (χ4v) is 4.70. The van der Waals surface area contributed by atoms with Crippen molar-refractivity contribution in [2.24, 2.45) is 5.92 Å². The second-order valence-electron chi connectivity index (χ2n) is 9.13. The first-order valence-corrected chi connectivity index (χ1v) is 11.4. The smallest absolute Gasteiger partial charge is 0.224 e. The standard InChI is InChI=1S/C24H33FN4O/c1-16-8-10-20(17(2)14-16)26-24(30)13-12-23-28-27-22(29(23)21-15-19(21)25)11-9-18-6-4-3-5-7-18/h8,10,14,18-19,21H,3-7,9,11-13,15H2,1-2H3,(H,26,30). The van der Waals surface area contributed by atoms with E-state index in [0.29, 0.717) is 19.3 Å². The fraction of sp³-hybridized carbons (Fsp3) is 0.625. The molecule has 1 amide bonds. The summed E-state index contributed by atoms with van der Waals surface area (Å²) < 4.78 is 15.9. The highest BCUT2D eigenvalue weighted by atomic mass is 19.1. The molecule has 4 rings (SSSR count). The van der Waals surface area contributed by atoms with Gasteiger partial charge in [-0.2, -0.15) is 0 Å². The molecule has 6 heteroatoms. The molecule has 1 aromatic heterocycles. The summed E-state index contributed by atoms with van der Waals surface area (Å²) in [5.41, 5.74) is 3.06. The number of nitrogens with zero attached hydrogens (tertiary/aromatic N) is 3. The Labute approximate surface area is 178 Å². The lowest BCUT2D eigenvalue weighted by molar-refractivity contribution is -0.116. The Balaban J connectivity index is 1.37. The number of nitrogens with one attached hydrogen (secondary N) is 1. The van der Waals surface area contributed by atoms with Crippen molar-refractivity contribution in [1.29, 1.82) is 0 Å². The maximum Gasteiger partial charge on any atom is 0.224 e. The minimum atomic E-state index is -0.808. The molecular formula is C24H33FN4O. The molecule has 2 aromatic rings. The molecule has 2 saturated carbocycles. The summed E-state index contributed by atoms with van der Waals surface area (Å²) in [4.78, 5) is 12.5. The summed E-state index contributed by atoms with van der Waals surface area (Å²) in [6.45, 7) is 4.03. The number of hydrogen-bond acceptors (Lipinski definition) is 3. The van der Waals surface area contributed by atoms with Gasteiger partial charge in [-0.15, -0.1) is 10.2 Å². The van der Waals surface area contributed by atoms with Crippen LogP contribution in [0.15, 0.2) is 18.2 Å². The van der Waals surface area contributed by atoms with Gasteiger partial charge in [0.15, 0.2) is 0 Å². The second kappa shape index (κ2) is 9.27. The summed E-state index contributed by atoms with van der Waals surface area (Å²) in [6.07, 6.45) is 9.10. The second-order valence-corrected chi connectivity index (χ2v) is 9.13. The van der Waals surface area contributed by atoms with Crippen LogP contribution in [0.2, 0.25) is 0 Å². The normalized spacial score (nSPS) is 21.6. The Hall–Kier alpha value is -2.24. The highest BCUT2D eigenvalue weighted by Crippen LogP contribution is 2.41. The monoisotopic (exact) mass is 412 g/mol. The van der Waals surface area contributed by atoms with Crippen LogP contribution in [0.1, 0.15) is 80.2 Å². The molecule has 0 saturated heterocycles. The molecule has 5 nitrogen and oxygen atoms in total. The van der Waals surface area contributed by atoms with Crippen LogP contribution >= 0.6 is 0 Å². The zero-order chi connectivity index (χ0) is 21.1. The average Bonchev–Trinajstić information content (AvgIpc) is 3.31. The minimum absolute atomic E-state index is 0.0483. The van der Waals surface area contributed by atoms with Crippen molar-refractivity contribution in [2.45, 2.75) is 90.3 Å². The van der Waals surface area contributed by atoms with Crippen LogP contribution in [0, 0.1) is 19.8 Å². The molecule has 2 aliphatic carbocycles. The molecule has 1 N–H and O–H groups in total. The van der Waals surface area contributed by atoms with Crippen LogP contribution in [0.5, 0.6) is 0 Å². The number of anilines is 1. The highest BCUT2D eigenvalue weighted by molar-refractivity contribution is 5.91. The lowest BCUT2D eigenvalue weighted by atomic mass is 9.86. The number of alkyl halides is 1. The van der Waals surface area contributed by atoms with E-state index in [0.717, 1.165) is 41.7 Å². The van der Waals surface area contributed by atoms with E-state index in [1.165, 1.54) is 37.7 Å². The molecule has 1 aromatic carbocycles. The molecule has 30 heavy (non-hydrogen) atoms. The lowest BCUT2D eigenvalue weighted by Gasteiger charge is -2.21. The van der Waals surface area contributed by atoms with Crippen LogP contribution in [-0.2, 0) is 17.6 Å². The number of carbonyl (C=O) groups is 1. The van der Waals surface area contributed by atoms with E-state index in [-0.39, 0.29) is 11.9 Å². The first-order valence-electron chi connectivity index (χ1n) is 11.4. The molecular weight excluding hydrogens is 379 g/mol. The van der Waals surface area contributed by atoms with Crippen molar-refractivity contribution in [3.05, 3.63) is 41.0 Å². The van der Waals surface area contributed by atoms with Crippen molar-refractivity contribution < 1.29 is 9.18 Å². The van der Waals surface area contributed by atoms with Gasteiger partial charge in [-0.3, -0.25) is 4.79 Å². The van der Waals surface area contributed by atoms with Gasteiger partial charge in [0.1, 0.15) is 17.8 Å². The molecule has 0 radical (unpaired) electrons. The van der Waals surface area contributed by atoms with Gasteiger partial charge in [-0.1, -0.05) is 49.8 Å². The number of hydrogen-bond donors (Lipinski definition) is 1. The number of halogens is 1. The summed E-state index contributed by atoms with van der Waals surface area (Å²) in [5.74, 6) is 2.36. The maximum absolute atomic E-state index is 13.9. The summed E-state index contributed by atoms with van der Waals surface area (Å²) in [6, 6.07) is 5.84. The van der Waals surface area contributed by atoms with E-state index in [4.69, 9.17) is 0 Å². The van der Waals surface area contributed by atoms with Gasteiger partial charge in [0.05, 0.1) is 6.04 Å². The number of carbonyl (C=O) groups excluding carboxylic acids is 1. The Kier molecular flexibility index (Phi) is 6.49. The van der Waals surface area contributed by atoms with Crippen molar-refractivity contribution in [2.75, 3.05) is 5.32 Å². The number of aromatic nitrogens is 3. The lowest BCUT2D eigenvalue weighted by Crippen LogP contribution is -2.16. The topological polar surface area (TPSA) is 59.8 Å². The van der Waals surface area contributed by atoms with Crippen molar-refractivity contribution >= 4 is 11.6 Å². The van der Waals surface area contributed by atoms with Gasteiger partial charge in [0.25, 0.3) is 0 Å². The number of aryl methyl sites for hydroxylation is 4. The van der Waals surface area contributed by atoms with Crippen LogP contribution in [0.25, 0.3) is 0 Å². The van der Waals surface area contributed by atoms with Gasteiger partial charge >= 0.3 is 0 Å². The molecule has 1 heterocycles. The van der Waals surface area contributed by atoms with Crippen LogP contribution in [-0.4, -0.2) is 26.8 Å². The Morgan fingerprint density at radius 2 is 1.83 bits per heavy atom. The molecule has 2 fully saturated rings. The molecule has 2 atom stereocenters. The van der Waals surface area contributed by atoms with Crippen LogP contribution in [0.4, 0.5) is 10.1 Å². The molecule has 0 bridgehead atoms. The quantitative estimate of drug-likeness (QED) is 0.643.